The van der Waals surface area contributed by atoms with Gasteiger partial charge < -0.3 is 10.6 Å². The first kappa shape index (κ1) is 30.3. The fourth-order valence-corrected chi connectivity index (χ4v) is 3.85. The lowest BCUT2D eigenvalue weighted by Gasteiger charge is -2.12. The quantitative estimate of drug-likeness (QED) is 0.197. The molecule has 0 radical (unpaired) electrons. The maximum absolute atomic E-state index is 12.7. The van der Waals surface area contributed by atoms with Crippen molar-refractivity contribution in [3.63, 3.8) is 0 Å². The second kappa shape index (κ2) is 13.7. The Bertz CT molecular complexity index is 1390. The number of carbonyl (C=O) groups excluding carboxylic acids is 4. The molecule has 206 valence electrons. The van der Waals surface area contributed by atoms with Gasteiger partial charge in [-0.2, -0.15) is 20.5 Å². The number of hydrogen-bond acceptors (Lipinski definition) is 8. The number of nitrogens with zero attached hydrogens (tertiary/aromatic N) is 4. The zero-order valence-electron chi connectivity index (χ0n) is 22.1. The Kier molecular flexibility index (Phi) is 10.4. The van der Waals surface area contributed by atoms with Crippen LogP contribution in [0.2, 0.25) is 10.0 Å². The highest BCUT2D eigenvalue weighted by Gasteiger charge is 2.25. The Labute approximate surface area is 240 Å². The van der Waals surface area contributed by atoms with Gasteiger partial charge in [-0.1, -0.05) is 23.2 Å². The second-order valence-electron chi connectivity index (χ2n) is 8.87. The summed E-state index contributed by atoms with van der Waals surface area (Å²) in [5, 5.41) is 22.2. The predicted octanol–water partition coefficient (Wildman–Crippen LogP) is 6.97. The van der Waals surface area contributed by atoms with E-state index in [2.05, 4.69) is 31.1 Å². The lowest BCUT2D eigenvalue weighted by molar-refractivity contribution is -0.127. The molecule has 0 aliphatic carbocycles. The van der Waals surface area contributed by atoms with Crippen LogP contribution in [0.25, 0.3) is 0 Å². The normalized spacial score (nSPS) is 12.8. The monoisotopic (exact) mass is 580 g/mol. The first-order valence-corrected chi connectivity index (χ1v) is 12.8. The van der Waals surface area contributed by atoms with Gasteiger partial charge in [-0.3, -0.25) is 19.2 Å². The summed E-state index contributed by atoms with van der Waals surface area (Å²) in [7, 11) is 0. The van der Waals surface area contributed by atoms with Crippen molar-refractivity contribution in [1.82, 2.24) is 0 Å². The summed E-state index contributed by atoms with van der Waals surface area (Å²) in [6.45, 7) is 6.05. The highest BCUT2D eigenvalue weighted by atomic mass is 35.5. The maximum atomic E-state index is 12.7. The smallest absolute Gasteiger partial charge is 0.258 e. The second-order valence-corrected chi connectivity index (χ2v) is 9.75. The van der Waals surface area contributed by atoms with Crippen LogP contribution in [0.3, 0.4) is 0 Å². The molecule has 0 aromatic heterocycles. The van der Waals surface area contributed by atoms with Crippen LogP contribution < -0.4 is 10.6 Å². The van der Waals surface area contributed by atoms with Gasteiger partial charge in [-0.15, -0.1) is 0 Å². The van der Waals surface area contributed by atoms with Crippen LogP contribution in [0.5, 0.6) is 0 Å². The maximum Gasteiger partial charge on any atom is 0.258 e. The van der Waals surface area contributed by atoms with Crippen LogP contribution in [0.4, 0.5) is 22.7 Å². The van der Waals surface area contributed by atoms with Crippen LogP contribution in [0, 0.1) is 13.8 Å². The van der Waals surface area contributed by atoms with Crippen molar-refractivity contribution in [2.24, 2.45) is 20.5 Å². The molecule has 0 spiro atoms. The molecule has 0 fully saturated rings. The number of aryl methyl sites for hydroxylation is 2. The molecule has 3 rings (SSSR count). The summed E-state index contributed by atoms with van der Waals surface area (Å²) in [4.78, 5) is 49.6. The van der Waals surface area contributed by atoms with Gasteiger partial charge in [0.1, 0.15) is 0 Å². The number of rotatable bonds is 10. The van der Waals surface area contributed by atoms with Crippen molar-refractivity contribution in [2.45, 2.75) is 39.8 Å². The number of benzene rings is 3. The molecule has 12 heteroatoms. The van der Waals surface area contributed by atoms with E-state index in [1.807, 2.05) is 0 Å². The van der Waals surface area contributed by atoms with Gasteiger partial charge in [-0.05, 0) is 99.5 Å². The lowest BCUT2D eigenvalue weighted by Crippen LogP contribution is -2.32. The van der Waals surface area contributed by atoms with Crippen molar-refractivity contribution in [1.29, 1.82) is 0 Å². The van der Waals surface area contributed by atoms with E-state index >= 15 is 0 Å². The number of nitrogens with one attached hydrogen (secondary N) is 2. The molecule has 0 bridgehead atoms. The van der Waals surface area contributed by atoms with Crippen LogP contribution in [0.1, 0.15) is 25.0 Å². The minimum atomic E-state index is -1.36. The third-order valence-corrected chi connectivity index (χ3v) is 6.04. The fraction of sp³-hybridized carbons (Fsp3) is 0.214. The van der Waals surface area contributed by atoms with Crippen molar-refractivity contribution in [3.8, 4) is 0 Å². The van der Waals surface area contributed by atoms with Gasteiger partial charge in [0, 0.05) is 21.4 Å². The van der Waals surface area contributed by atoms with Crippen molar-refractivity contribution < 1.29 is 19.2 Å². The molecule has 40 heavy (non-hydrogen) atoms. The van der Waals surface area contributed by atoms with E-state index in [-0.39, 0.29) is 0 Å². The molecule has 2 unspecified atom stereocenters. The molecule has 0 saturated carbocycles. The number of carbonyl (C=O) groups is 4. The van der Waals surface area contributed by atoms with E-state index in [4.69, 9.17) is 23.2 Å². The SMILES string of the molecule is CC(=O)C(N=Nc1ccc(Cl)cc1C)C(=O)Nc1ccc(NC(=O)C(N=Nc2ccc(Cl)cc2C)C(C)=O)cc1. The summed E-state index contributed by atoms with van der Waals surface area (Å²) in [6, 6.07) is 13.3. The van der Waals surface area contributed by atoms with E-state index in [1.165, 1.54) is 38.1 Å². The fourth-order valence-electron chi connectivity index (χ4n) is 3.40. The van der Waals surface area contributed by atoms with E-state index < -0.39 is 35.5 Å². The van der Waals surface area contributed by atoms with Gasteiger partial charge >= 0.3 is 0 Å². The summed E-state index contributed by atoms with van der Waals surface area (Å²) in [6.07, 6.45) is 0. The first-order chi connectivity index (χ1) is 18.9. The molecule has 0 heterocycles. The Morgan fingerprint density at radius 2 is 0.975 bits per heavy atom. The van der Waals surface area contributed by atoms with E-state index in [9.17, 15) is 19.2 Å². The molecule has 0 saturated heterocycles. The first-order valence-electron chi connectivity index (χ1n) is 12.0. The summed E-state index contributed by atoms with van der Waals surface area (Å²) in [5.41, 5.74) is 3.15. The number of Topliss-reactive ketones (excluding diaryl/α,β-unsaturated/α-hetero) is 2. The largest absolute Gasteiger partial charge is 0.324 e. The topological polar surface area (TPSA) is 142 Å². The molecular weight excluding hydrogens is 555 g/mol. The molecule has 3 aromatic rings. The molecule has 10 nitrogen and oxygen atoms in total. The number of azo groups is 2. The third kappa shape index (κ3) is 8.36. The highest BCUT2D eigenvalue weighted by molar-refractivity contribution is 6.31. The predicted molar refractivity (Wildman–Crippen MR) is 154 cm³/mol. The molecule has 2 atom stereocenters. The zero-order valence-corrected chi connectivity index (χ0v) is 23.6. The molecule has 0 aliphatic rings. The number of hydrogen-bond donors (Lipinski definition) is 2. The Balaban J connectivity index is 1.66. The standard InChI is InChI=1S/C28H26Cl2N6O4/c1-15-13-19(29)5-11-23(15)33-35-25(17(3)37)27(39)31-21-7-9-22(10-8-21)32-28(40)26(18(4)38)36-34-24-12-6-20(30)14-16(24)2/h5-14,25-26H,1-4H3,(H,31,39)(H,32,40). The molecule has 2 N–H and O–H groups in total. The van der Waals surface area contributed by atoms with Crippen molar-refractivity contribution in [3.05, 3.63) is 81.8 Å². The zero-order chi connectivity index (χ0) is 29.4. The molecule has 2 amide bonds. The Morgan fingerprint density at radius 3 is 1.27 bits per heavy atom. The van der Waals surface area contributed by atoms with Gasteiger partial charge in [0.15, 0.2) is 11.6 Å². The van der Waals surface area contributed by atoms with Crippen LogP contribution >= 0.6 is 23.2 Å². The van der Waals surface area contributed by atoms with Gasteiger partial charge in [0.05, 0.1) is 11.4 Å². The summed E-state index contributed by atoms with van der Waals surface area (Å²) in [5.74, 6) is -2.33. The Morgan fingerprint density at radius 1 is 0.625 bits per heavy atom. The van der Waals surface area contributed by atoms with Gasteiger partial charge in [0.2, 0.25) is 12.1 Å². The van der Waals surface area contributed by atoms with Gasteiger partial charge in [0.25, 0.3) is 11.8 Å². The van der Waals surface area contributed by atoms with Crippen LogP contribution in [-0.2, 0) is 19.2 Å². The number of ketones is 2. The average Bonchev–Trinajstić information content (AvgIpc) is 2.87. The van der Waals surface area contributed by atoms with Crippen molar-refractivity contribution in [2.75, 3.05) is 10.6 Å². The minimum absolute atomic E-state index is 0.355. The minimum Gasteiger partial charge on any atom is -0.324 e. The lowest BCUT2D eigenvalue weighted by atomic mass is 10.2. The number of anilines is 2. The highest BCUT2D eigenvalue weighted by Crippen LogP contribution is 2.24. The summed E-state index contributed by atoms with van der Waals surface area (Å²) >= 11 is 11.9. The van der Waals surface area contributed by atoms with E-state index in [1.54, 1.807) is 50.2 Å². The van der Waals surface area contributed by atoms with Crippen LogP contribution in [0.15, 0.2) is 81.1 Å². The molecule has 3 aromatic carbocycles. The van der Waals surface area contributed by atoms with Gasteiger partial charge in [-0.25, -0.2) is 0 Å². The summed E-state index contributed by atoms with van der Waals surface area (Å²) < 4.78 is 0. The third-order valence-electron chi connectivity index (χ3n) is 5.57. The Hall–Kier alpha value is -4.28. The molecular formula is C28H26Cl2N6O4. The number of halogens is 2. The average molecular weight is 581 g/mol. The molecule has 0 aliphatic heterocycles. The van der Waals surface area contributed by atoms with Crippen LogP contribution in [-0.4, -0.2) is 35.5 Å². The van der Waals surface area contributed by atoms with E-state index in [0.29, 0.717) is 32.8 Å². The number of amides is 2. The van der Waals surface area contributed by atoms with Crippen molar-refractivity contribution >= 4 is 69.3 Å². The van der Waals surface area contributed by atoms with E-state index in [0.717, 1.165) is 11.1 Å².